The molecule has 1 N–H and O–H groups in total. The Labute approximate surface area is 166 Å². The van der Waals surface area contributed by atoms with Gasteiger partial charge in [0.1, 0.15) is 11.6 Å². The van der Waals surface area contributed by atoms with Gasteiger partial charge in [0.25, 0.3) is 0 Å². The summed E-state index contributed by atoms with van der Waals surface area (Å²) in [5.74, 6) is 2.28. The van der Waals surface area contributed by atoms with Gasteiger partial charge in [0.05, 0.1) is 36.0 Å². The first-order valence-corrected chi connectivity index (χ1v) is 10.1. The largest absolute Gasteiger partial charge is 0.378 e. The number of morpholine rings is 1. The van der Waals surface area contributed by atoms with Crippen molar-refractivity contribution in [3.05, 3.63) is 41.3 Å². The van der Waals surface area contributed by atoms with E-state index in [4.69, 9.17) is 9.72 Å². The maximum Gasteiger partial charge on any atom is 0.131 e. The fourth-order valence-corrected chi connectivity index (χ4v) is 4.17. The van der Waals surface area contributed by atoms with Crippen LogP contribution in [0.2, 0.25) is 0 Å². The van der Waals surface area contributed by atoms with E-state index in [1.54, 1.807) is 0 Å². The number of hydrogen-bond donors (Lipinski definition) is 1. The van der Waals surface area contributed by atoms with E-state index in [1.165, 1.54) is 16.9 Å². The van der Waals surface area contributed by atoms with Crippen LogP contribution in [0.5, 0.6) is 0 Å². The Balaban J connectivity index is 1.57. The number of anilines is 1. The highest BCUT2D eigenvalue weighted by Gasteiger charge is 2.22. The van der Waals surface area contributed by atoms with Crippen LogP contribution in [0, 0.1) is 6.92 Å². The summed E-state index contributed by atoms with van der Waals surface area (Å²) >= 11 is 0. The van der Waals surface area contributed by atoms with Gasteiger partial charge in [-0.25, -0.2) is 4.98 Å². The van der Waals surface area contributed by atoms with Crippen molar-refractivity contribution in [2.75, 3.05) is 31.2 Å². The third-order valence-corrected chi connectivity index (χ3v) is 5.60. The predicted molar refractivity (Wildman–Crippen MR) is 112 cm³/mol. The number of benzene rings is 1. The van der Waals surface area contributed by atoms with Gasteiger partial charge in [-0.3, -0.25) is 4.68 Å². The maximum absolute atomic E-state index is 5.52. The lowest BCUT2D eigenvalue weighted by Crippen LogP contribution is -2.38. The highest BCUT2D eigenvalue weighted by molar-refractivity contribution is 5.76. The maximum atomic E-state index is 5.52. The second-order valence-corrected chi connectivity index (χ2v) is 7.42. The molecule has 1 aliphatic rings. The van der Waals surface area contributed by atoms with Gasteiger partial charge in [-0.15, -0.1) is 0 Å². The van der Waals surface area contributed by atoms with Crippen LogP contribution in [-0.2, 0) is 24.9 Å². The molecule has 1 fully saturated rings. The summed E-state index contributed by atoms with van der Waals surface area (Å²) in [5, 5.41) is 8.37. The molecule has 7 nitrogen and oxygen atoms in total. The molecular formula is C21H30N6O. The number of aromatic nitrogens is 4. The minimum Gasteiger partial charge on any atom is -0.378 e. The summed E-state index contributed by atoms with van der Waals surface area (Å²) in [6.45, 7) is 11.5. The Kier molecular flexibility index (Phi) is 5.37. The van der Waals surface area contributed by atoms with Crippen LogP contribution in [-0.4, -0.2) is 45.6 Å². The Morgan fingerprint density at radius 1 is 1.21 bits per heavy atom. The van der Waals surface area contributed by atoms with Crippen molar-refractivity contribution >= 4 is 16.9 Å². The number of rotatable bonds is 6. The molecule has 1 aliphatic heterocycles. The molecule has 1 saturated heterocycles. The number of ether oxygens (including phenoxy) is 1. The van der Waals surface area contributed by atoms with E-state index >= 15 is 0 Å². The van der Waals surface area contributed by atoms with Crippen molar-refractivity contribution in [2.45, 2.75) is 39.9 Å². The fourth-order valence-electron chi connectivity index (χ4n) is 4.17. The van der Waals surface area contributed by atoms with E-state index in [2.05, 4.69) is 58.9 Å². The smallest absolute Gasteiger partial charge is 0.131 e. The van der Waals surface area contributed by atoms with Crippen molar-refractivity contribution in [1.29, 1.82) is 0 Å². The van der Waals surface area contributed by atoms with E-state index < -0.39 is 0 Å². The fraction of sp³-hybridized carbons (Fsp3) is 0.524. The molecule has 0 spiro atoms. The molecule has 1 unspecified atom stereocenters. The van der Waals surface area contributed by atoms with Gasteiger partial charge < -0.3 is 19.5 Å². The van der Waals surface area contributed by atoms with Crippen LogP contribution in [0.1, 0.15) is 37.0 Å². The molecule has 0 saturated carbocycles. The van der Waals surface area contributed by atoms with Gasteiger partial charge in [0.2, 0.25) is 0 Å². The topological polar surface area (TPSA) is 60.1 Å². The van der Waals surface area contributed by atoms with E-state index in [9.17, 15) is 0 Å². The van der Waals surface area contributed by atoms with Crippen LogP contribution < -0.4 is 10.2 Å². The summed E-state index contributed by atoms with van der Waals surface area (Å²) in [4.78, 5) is 7.27. The second-order valence-electron chi connectivity index (χ2n) is 7.42. The summed E-state index contributed by atoms with van der Waals surface area (Å²) in [6, 6.07) is 8.49. The summed E-state index contributed by atoms with van der Waals surface area (Å²) in [7, 11) is 2.03. The zero-order valence-corrected chi connectivity index (χ0v) is 17.3. The average Bonchev–Trinajstić information content (AvgIpc) is 3.23. The van der Waals surface area contributed by atoms with Crippen LogP contribution in [0.25, 0.3) is 11.0 Å². The van der Waals surface area contributed by atoms with E-state index in [-0.39, 0.29) is 6.04 Å². The van der Waals surface area contributed by atoms with E-state index in [0.29, 0.717) is 0 Å². The first-order valence-electron chi connectivity index (χ1n) is 10.1. The molecule has 4 rings (SSSR count). The Morgan fingerprint density at radius 2 is 1.96 bits per heavy atom. The van der Waals surface area contributed by atoms with Crippen molar-refractivity contribution in [1.82, 2.24) is 24.6 Å². The first-order chi connectivity index (χ1) is 13.6. The van der Waals surface area contributed by atoms with Crippen LogP contribution in [0.3, 0.4) is 0 Å². The van der Waals surface area contributed by atoms with Crippen molar-refractivity contribution < 1.29 is 4.74 Å². The molecule has 150 valence electrons. The Hall–Kier alpha value is -2.38. The normalized spacial score (nSPS) is 16.1. The van der Waals surface area contributed by atoms with Gasteiger partial charge in [0.15, 0.2) is 0 Å². The quantitative estimate of drug-likeness (QED) is 0.710. The number of para-hydroxylation sites is 2. The number of aryl methyl sites for hydroxylation is 3. The van der Waals surface area contributed by atoms with Crippen molar-refractivity contribution in [2.24, 2.45) is 7.05 Å². The highest BCUT2D eigenvalue weighted by Crippen LogP contribution is 2.26. The molecule has 3 heterocycles. The summed E-state index contributed by atoms with van der Waals surface area (Å²) < 4.78 is 9.82. The number of nitrogens with one attached hydrogen (secondary N) is 1. The first kappa shape index (κ1) is 19.0. The molecule has 0 amide bonds. The lowest BCUT2D eigenvalue weighted by Gasteiger charge is -2.29. The lowest BCUT2D eigenvalue weighted by atomic mass is 10.2. The van der Waals surface area contributed by atoms with Crippen LogP contribution >= 0.6 is 0 Å². The molecule has 3 aromatic rings. The van der Waals surface area contributed by atoms with E-state index in [1.807, 2.05) is 17.8 Å². The predicted octanol–water partition coefficient (Wildman–Crippen LogP) is 2.79. The van der Waals surface area contributed by atoms with Gasteiger partial charge >= 0.3 is 0 Å². The molecule has 1 atom stereocenters. The standard InChI is InChI=1S/C21H30N6O/c1-5-27-19-9-7-6-8-18(19)23-20(27)16(3)22-14-17-15(2)24-25(4)21(17)26-10-12-28-13-11-26/h6-9,16,22H,5,10-14H2,1-4H3. The molecule has 28 heavy (non-hydrogen) atoms. The molecule has 2 aromatic heterocycles. The van der Waals surface area contributed by atoms with Gasteiger partial charge in [-0.05, 0) is 32.9 Å². The molecule has 7 heteroatoms. The molecule has 0 radical (unpaired) electrons. The second kappa shape index (κ2) is 7.93. The molecular weight excluding hydrogens is 352 g/mol. The minimum atomic E-state index is 0.143. The number of imidazole rings is 1. The van der Waals surface area contributed by atoms with Gasteiger partial charge in [-0.1, -0.05) is 12.1 Å². The average molecular weight is 383 g/mol. The van der Waals surface area contributed by atoms with Gasteiger partial charge in [-0.2, -0.15) is 5.10 Å². The van der Waals surface area contributed by atoms with Crippen molar-refractivity contribution in [3.8, 4) is 0 Å². The zero-order chi connectivity index (χ0) is 19.7. The Bertz CT molecular complexity index is 953. The monoisotopic (exact) mass is 382 g/mol. The third-order valence-electron chi connectivity index (χ3n) is 5.60. The lowest BCUT2D eigenvalue weighted by molar-refractivity contribution is 0.122. The van der Waals surface area contributed by atoms with Gasteiger partial charge in [0, 0.05) is 38.8 Å². The summed E-state index contributed by atoms with van der Waals surface area (Å²) in [6.07, 6.45) is 0. The molecule has 0 bridgehead atoms. The van der Waals surface area contributed by atoms with Crippen LogP contribution in [0.15, 0.2) is 24.3 Å². The minimum absolute atomic E-state index is 0.143. The van der Waals surface area contributed by atoms with Crippen molar-refractivity contribution in [3.63, 3.8) is 0 Å². The number of nitrogens with zero attached hydrogens (tertiary/aromatic N) is 5. The number of fused-ring (bicyclic) bond motifs is 1. The summed E-state index contributed by atoms with van der Waals surface area (Å²) in [5.41, 5.74) is 4.59. The number of hydrogen-bond acceptors (Lipinski definition) is 5. The van der Waals surface area contributed by atoms with E-state index in [0.717, 1.165) is 56.4 Å². The molecule has 1 aromatic carbocycles. The van der Waals surface area contributed by atoms with Crippen LogP contribution in [0.4, 0.5) is 5.82 Å². The third kappa shape index (κ3) is 3.40. The zero-order valence-electron chi connectivity index (χ0n) is 17.3. The Morgan fingerprint density at radius 3 is 2.71 bits per heavy atom. The SMILES string of the molecule is CCn1c(C(C)NCc2c(C)nn(C)c2N2CCOCC2)nc2ccccc21. The highest BCUT2D eigenvalue weighted by atomic mass is 16.5. The molecule has 0 aliphatic carbocycles.